The van der Waals surface area contributed by atoms with Crippen molar-refractivity contribution in [3.05, 3.63) is 17.6 Å². The average molecular weight is 223 g/mol. The number of aliphatic carboxylic acids is 1. The predicted molar refractivity (Wildman–Crippen MR) is 61.6 cm³/mol. The molecule has 0 saturated heterocycles. The summed E-state index contributed by atoms with van der Waals surface area (Å²) in [5.74, 6) is 0.248. The van der Waals surface area contributed by atoms with Gasteiger partial charge in [0, 0.05) is 25.4 Å². The zero-order chi connectivity index (χ0) is 12.3. The first-order valence-corrected chi connectivity index (χ1v) is 5.16. The Bertz CT molecular complexity index is 373. The normalized spacial score (nSPS) is 12.2. The largest absolute Gasteiger partial charge is 0.481 e. The van der Waals surface area contributed by atoms with Gasteiger partial charge in [0.25, 0.3) is 0 Å². The summed E-state index contributed by atoms with van der Waals surface area (Å²) in [6.45, 7) is 5.84. The Labute approximate surface area is 95.1 Å². The van der Waals surface area contributed by atoms with Gasteiger partial charge in [0.05, 0.1) is 5.92 Å². The predicted octanol–water partition coefficient (Wildman–Crippen LogP) is 1.25. The van der Waals surface area contributed by atoms with Crippen LogP contribution in [0.15, 0.2) is 6.07 Å². The second-order valence-corrected chi connectivity index (χ2v) is 4.03. The van der Waals surface area contributed by atoms with Crippen molar-refractivity contribution in [2.24, 2.45) is 5.92 Å². The molecular weight excluding hydrogens is 206 g/mol. The summed E-state index contributed by atoms with van der Waals surface area (Å²) < 4.78 is 0. The minimum absolute atomic E-state index is 0.416. The van der Waals surface area contributed by atoms with Crippen molar-refractivity contribution in [1.82, 2.24) is 9.97 Å². The van der Waals surface area contributed by atoms with E-state index in [1.807, 2.05) is 31.9 Å². The molecule has 0 aliphatic rings. The zero-order valence-electron chi connectivity index (χ0n) is 10.1. The van der Waals surface area contributed by atoms with Crippen LogP contribution in [0.3, 0.4) is 0 Å². The van der Waals surface area contributed by atoms with E-state index >= 15 is 0 Å². The first-order valence-electron chi connectivity index (χ1n) is 5.16. The van der Waals surface area contributed by atoms with Crippen molar-refractivity contribution >= 4 is 11.8 Å². The maximum atomic E-state index is 10.7. The van der Waals surface area contributed by atoms with Gasteiger partial charge >= 0.3 is 5.97 Å². The number of nitrogens with zero attached hydrogens (tertiary/aromatic N) is 3. The summed E-state index contributed by atoms with van der Waals surface area (Å²) >= 11 is 0. The molecule has 1 heterocycles. The summed E-state index contributed by atoms with van der Waals surface area (Å²) in [6, 6.07) is 1.85. The van der Waals surface area contributed by atoms with E-state index in [-0.39, 0.29) is 0 Å². The van der Waals surface area contributed by atoms with Crippen LogP contribution in [0.5, 0.6) is 0 Å². The van der Waals surface area contributed by atoms with Crippen LogP contribution in [0.2, 0.25) is 0 Å². The maximum absolute atomic E-state index is 10.7. The van der Waals surface area contributed by atoms with Crippen molar-refractivity contribution in [2.45, 2.75) is 20.8 Å². The highest BCUT2D eigenvalue weighted by atomic mass is 16.4. The van der Waals surface area contributed by atoms with E-state index in [2.05, 4.69) is 9.97 Å². The summed E-state index contributed by atoms with van der Waals surface area (Å²) in [6.07, 6.45) is 0. The van der Waals surface area contributed by atoms with Crippen molar-refractivity contribution in [1.29, 1.82) is 0 Å². The molecule has 0 bridgehead atoms. The monoisotopic (exact) mass is 223 g/mol. The third-order valence-corrected chi connectivity index (χ3v) is 2.31. The Kier molecular flexibility index (Phi) is 3.82. The van der Waals surface area contributed by atoms with Crippen LogP contribution >= 0.6 is 0 Å². The van der Waals surface area contributed by atoms with Gasteiger partial charge in [-0.2, -0.15) is 0 Å². The molecule has 0 radical (unpaired) electrons. The molecule has 16 heavy (non-hydrogen) atoms. The van der Waals surface area contributed by atoms with Gasteiger partial charge in [0.2, 0.25) is 0 Å². The van der Waals surface area contributed by atoms with E-state index in [1.165, 1.54) is 0 Å². The highest BCUT2D eigenvalue weighted by molar-refractivity contribution is 5.70. The zero-order valence-corrected chi connectivity index (χ0v) is 10.1. The smallest absolute Gasteiger partial charge is 0.308 e. The molecule has 0 saturated carbocycles. The standard InChI is InChI=1S/C11H17N3O2/c1-7(11(15)16)6-14(4)10-5-8(2)12-9(3)13-10/h5,7H,6H2,1-4H3,(H,15,16). The Morgan fingerprint density at radius 1 is 1.50 bits per heavy atom. The van der Waals surface area contributed by atoms with Crippen LogP contribution in [0.4, 0.5) is 5.82 Å². The first kappa shape index (κ1) is 12.4. The van der Waals surface area contributed by atoms with Gasteiger partial charge in [-0.1, -0.05) is 6.92 Å². The summed E-state index contributed by atoms with van der Waals surface area (Å²) in [7, 11) is 1.83. The Hall–Kier alpha value is -1.65. The molecule has 0 aromatic carbocycles. The number of carbonyl (C=O) groups is 1. The van der Waals surface area contributed by atoms with E-state index < -0.39 is 11.9 Å². The first-order chi connectivity index (χ1) is 7.40. The van der Waals surface area contributed by atoms with Gasteiger partial charge in [0.15, 0.2) is 0 Å². The topological polar surface area (TPSA) is 66.3 Å². The molecular formula is C11H17N3O2. The third-order valence-electron chi connectivity index (χ3n) is 2.31. The van der Waals surface area contributed by atoms with Crippen molar-refractivity contribution in [3.8, 4) is 0 Å². The molecule has 0 fully saturated rings. The molecule has 0 aliphatic heterocycles. The van der Waals surface area contributed by atoms with E-state index in [0.29, 0.717) is 12.4 Å². The second-order valence-electron chi connectivity index (χ2n) is 4.03. The number of anilines is 1. The van der Waals surface area contributed by atoms with E-state index in [0.717, 1.165) is 11.5 Å². The molecule has 1 unspecified atom stereocenters. The van der Waals surface area contributed by atoms with E-state index in [1.54, 1.807) is 6.92 Å². The fraction of sp³-hybridized carbons (Fsp3) is 0.545. The Morgan fingerprint density at radius 3 is 2.62 bits per heavy atom. The molecule has 0 spiro atoms. The minimum atomic E-state index is -0.797. The Balaban J connectivity index is 2.80. The highest BCUT2D eigenvalue weighted by Crippen LogP contribution is 2.12. The molecule has 5 nitrogen and oxygen atoms in total. The molecule has 1 atom stereocenters. The van der Waals surface area contributed by atoms with Crippen LogP contribution in [0, 0.1) is 19.8 Å². The molecule has 88 valence electrons. The lowest BCUT2D eigenvalue weighted by atomic mass is 10.2. The van der Waals surface area contributed by atoms with Crippen molar-refractivity contribution < 1.29 is 9.90 Å². The maximum Gasteiger partial charge on any atom is 0.308 e. The number of rotatable bonds is 4. The number of aromatic nitrogens is 2. The van der Waals surface area contributed by atoms with Gasteiger partial charge in [-0.25, -0.2) is 9.97 Å². The molecule has 0 aliphatic carbocycles. The van der Waals surface area contributed by atoms with E-state index in [9.17, 15) is 4.79 Å². The highest BCUT2D eigenvalue weighted by Gasteiger charge is 2.15. The van der Waals surface area contributed by atoms with Crippen molar-refractivity contribution in [3.63, 3.8) is 0 Å². The van der Waals surface area contributed by atoms with Crippen LogP contribution in [0.25, 0.3) is 0 Å². The lowest BCUT2D eigenvalue weighted by Gasteiger charge is -2.20. The second kappa shape index (κ2) is 4.92. The molecule has 1 N–H and O–H groups in total. The van der Waals surface area contributed by atoms with E-state index in [4.69, 9.17) is 5.11 Å². The van der Waals surface area contributed by atoms with Crippen LogP contribution in [-0.4, -0.2) is 34.6 Å². The van der Waals surface area contributed by atoms with Crippen LogP contribution in [-0.2, 0) is 4.79 Å². The lowest BCUT2D eigenvalue weighted by Crippen LogP contribution is -2.29. The molecule has 1 aromatic heterocycles. The SMILES string of the molecule is Cc1cc(N(C)CC(C)C(=O)O)nc(C)n1. The van der Waals surface area contributed by atoms with Gasteiger partial charge in [0.1, 0.15) is 11.6 Å². The minimum Gasteiger partial charge on any atom is -0.481 e. The summed E-state index contributed by atoms with van der Waals surface area (Å²) in [4.78, 5) is 21.0. The Morgan fingerprint density at radius 2 is 2.12 bits per heavy atom. The fourth-order valence-corrected chi connectivity index (χ4v) is 1.48. The molecule has 5 heteroatoms. The van der Waals surface area contributed by atoms with Gasteiger partial charge in [-0.15, -0.1) is 0 Å². The van der Waals surface area contributed by atoms with Crippen LogP contribution in [0.1, 0.15) is 18.4 Å². The summed E-state index contributed by atoms with van der Waals surface area (Å²) in [5.41, 5.74) is 0.886. The molecule has 1 aromatic rings. The number of aryl methyl sites for hydroxylation is 2. The number of carboxylic acids is 1. The fourth-order valence-electron chi connectivity index (χ4n) is 1.48. The lowest BCUT2D eigenvalue weighted by molar-refractivity contribution is -0.140. The number of carboxylic acid groups (broad SMARTS) is 1. The quantitative estimate of drug-likeness (QED) is 0.832. The van der Waals surface area contributed by atoms with Crippen LogP contribution < -0.4 is 4.90 Å². The molecule has 1 rings (SSSR count). The van der Waals surface area contributed by atoms with Crippen molar-refractivity contribution in [2.75, 3.05) is 18.5 Å². The number of hydrogen-bond acceptors (Lipinski definition) is 4. The molecule has 0 amide bonds. The average Bonchev–Trinajstić information content (AvgIpc) is 2.15. The van der Waals surface area contributed by atoms with Gasteiger partial charge < -0.3 is 10.0 Å². The van der Waals surface area contributed by atoms with Gasteiger partial charge in [-0.3, -0.25) is 4.79 Å². The third kappa shape index (κ3) is 3.18. The van der Waals surface area contributed by atoms with Gasteiger partial charge in [-0.05, 0) is 13.8 Å². The summed E-state index contributed by atoms with van der Waals surface area (Å²) in [5, 5.41) is 8.83. The number of hydrogen-bond donors (Lipinski definition) is 1.